The maximum absolute atomic E-state index is 12.0. The largest absolute Gasteiger partial charge is 0.480 e. The number of fused-ring (bicyclic) bond motifs is 1. The molecule has 1 amide bonds. The van der Waals surface area contributed by atoms with Gasteiger partial charge in [0.15, 0.2) is 18.0 Å². The summed E-state index contributed by atoms with van der Waals surface area (Å²) in [6.07, 6.45) is 3.80. The fourth-order valence-electron chi connectivity index (χ4n) is 2.11. The van der Waals surface area contributed by atoms with Crippen molar-refractivity contribution in [2.45, 2.75) is 6.92 Å². The van der Waals surface area contributed by atoms with Gasteiger partial charge >= 0.3 is 0 Å². The number of imidazole rings is 1. The van der Waals surface area contributed by atoms with Crippen molar-refractivity contribution < 1.29 is 9.53 Å². The van der Waals surface area contributed by atoms with Crippen LogP contribution >= 0.6 is 15.9 Å². The van der Waals surface area contributed by atoms with Crippen LogP contribution in [-0.2, 0) is 4.79 Å². The van der Waals surface area contributed by atoms with Gasteiger partial charge in [-0.05, 0) is 47.1 Å². The van der Waals surface area contributed by atoms with Crippen LogP contribution in [0.2, 0.25) is 0 Å². The molecule has 0 radical (unpaired) electrons. The molecule has 0 aliphatic heterocycles. The third-order valence-corrected chi connectivity index (χ3v) is 3.77. The van der Waals surface area contributed by atoms with E-state index >= 15 is 0 Å². The van der Waals surface area contributed by atoms with Crippen LogP contribution in [0.25, 0.3) is 5.65 Å². The number of para-hydroxylation sites is 1. The molecule has 1 N–H and O–H groups in total. The smallest absolute Gasteiger partial charge is 0.262 e. The number of anilines is 1. The Morgan fingerprint density at radius 3 is 2.95 bits per heavy atom. The molecule has 22 heavy (non-hydrogen) atoms. The normalized spacial score (nSPS) is 10.6. The topological polar surface area (TPSA) is 55.6 Å². The highest BCUT2D eigenvalue weighted by Gasteiger charge is 2.09. The predicted molar refractivity (Wildman–Crippen MR) is 88.2 cm³/mol. The Morgan fingerprint density at radius 1 is 1.32 bits per heavy atom. The Morgan fingerprint density at radius 2 is 2.14 bits per heavy atom. The van der Waals surface area contributed by atoms with Crippen molar-refractivity contribution in [1.82, 2.24) is 9.38 Å². The minimum Gasteiger partial charge on any atom is -0.480 e. The average molecular weight is 360 g/mol. The lowest BCUT2D eigenvalue weighted by molar-refractivity contribution is -0.118. The molecule has 0 bridgehead atoms. The van der Waals surface area contributed by atoms with E-state index in [9.17, 15) is 4.79 Å². The molecule has 1 aromatic carbocycles. The number of amides is 1. The van der Waals surface area contributed by atoms with Crippen molar-refractivity contribution in [3.8, 4) is 5.75 Å². The molecule has 0 unspecified atom stereocenters. The summed E-state index contributed by atoms with van der Waals surface area (Å²) in [4.78, 5) is 16.4. The van der Waals surface area contributed by atoms with Crippen LogP contribution in [0.1, 0.15) is 5.69 Å². The van der Waals surface area contributed by atoms with Crippen molar-refractivity contribution in [2.24, 2.45) is 0 Å². The molecule has 0 aliphatic carbocycles. The van der Waals surface area contributed by atoms with Gasteiger partial charge in [0.2, 0.25) is 0 Å². The first kappa shape index (κ1) is 14.6. The quantitative estimate of drug-likeness (QED) is 0.776. The molecule has 0 atom stereocenters. The fourth-order valence-corrected chi connectivity index (χ4v) is 2.50. The highest BCUT2D eigenvalue weighted by atomic mass is 79.9. The first-order valence-corrected chi connectivity index (χ1v) is 7.54. The number of benzene rings is 1. The minimum absolute atomic E-state index is 0.0765. The molecular formula is C16H14BrN3O2. The summed E-state index contributed by atoms with van der Waals surface area (Å²) < 4.78 is 8.30. The Labute approximate surface area is 136 Å². The van der Waals surface area contributed by atoms with Crippen LogP contribution in [0.5, 0.6) is 5.75 Å². The van der Waals surface area contributed by atoms with E-state index in [0.717, 1.165) is 10.2 Å². The number of hydrogen-bond donors (Lipinski definition) is 1. The van der Waals surface area contributed by atoms with Crippen molar-refractivity contribution in [3.63, 3.8) is 0 Å². The van der Waals surface area contributed by atoms with Gasteiger partial charge in [-0.2, -0.15) is 0 Å². The van der Waals surface area contributed by atoms with E-state index in [0.29, 0.717) is 17.1 Å². The van der Waals surface area contributed by atoms with E-state index < -0.39 is 0 Å². The van der Waals surface area contributed by atoms with Crippen LogP contribution < -0.4 is 10.1 Å². The molecule has 0 fully saturated rings. The van der Waals surface area contributed by atoms with Crippen molar-refractivity contribution >= 4 is 33.2 Å². The van der Waals surface area contributed by atoms with E-state index in [4.69, 9.17) is 4.74 Å². The lowest BCUT2D eigenvalue weighted by Crippen LogP contribution is -2.20. The number of nitrogens with one attached hydrogen (secondary N) is 1. The second-order valence-electron chi connectivity index (χ2n) is 4.80. The van der Waals surface area contributed by atoms with E-state index in [2.05, 4.69) is 26.2 Å². The van der Waals surface area contributed by atoms with Gasteiger partial charge in [0, 0.05) is 16.9 Å². The number of carbonyl (C=O) groups excluding carboxylic acids is 1. The molecule has 5 nitrogen and oxygen atoms in total. The molecule has 112 valence electrons. The summed E-state index contributed by atoms with van der Waals surface area (Å²) in [6.45, 7) is 1.84. The number of halogens is 1. The lowest BCUT2D eigenvalue weighted by atomic mass is 10.3. The van der Waals surface area contributed by atoms with Crippen LogP contribution in [0.3, 0.4) is 0 Å². The first-order valence-electron chi connectivity index (χ1n) is 6.75. The second-order valence-corrected chi connectivity index (χ2v) is 5.66. The van der Waals surface area contributed by atoms with E-state index in [1.165, 1.54) is 0 Å². The summed E-state index contributed by atoms with van der Waals surface area (Å²) in [7, 11) is 0. The highest BCUT2D eigenvalue weighted by molar-refractivity contribution is 9.10. The van der Waals surface area contributed by atoms with Crippen molar-refractivity contribution in [1.29, 1.82) is 0 Å². The number of pyridine rings is 1. The molecule has 2 heterocycles. The van der Waals surface area contributed by atoms with Crippen LogP contribution in [0.15, 0.2) is 53.3 Å². The average Bonchev–Trinajstić information content (AvgIpc) is 2.88. The number of hydrogen-bond acceptors (Lipinski definition) is 3. The molecule has 0 saturated carbocycles. The Balaban J connectivity index is 1.69. The monoisotopic (exact) mass is 359 g/mol. The van der Waals surface area contributed by atoms with Gasteiger partial charge < -0.3 is 14.5 Å². The van der Waals surface area contributed by atoms with Gasteiger partial charge in [-0.15, -0.1) is 0 Å². The SMILES string of the molecule is Cc1cn2cccc(OCC(=O)Nc3ccccc3Br)c2n1. The highest BCUT2D eigenvalue weighted by Crippen LogP contribution is 2.22. The van der Waals surface area contributed by atoms with Crippen molar-refractivity contribution in [2.75, 3.05) is 11.9 Å². The summed E-state index contributed by atoms with van der Waals surface area (Å²) in [5.41, 5.74) is 2.31. The fraction of sp³-hybridized carbons (Fsp3) is 0.125. The lowest BCUT2D eigenvalue weighted by Gasteiger charge is -2.09. The standard InChI is InChI=1S/C16H14BrN3O2/c1-11-9-20-8-4-7-14(16(20)18-11)22-10-15(21)19-13-6-3-2-5-12(13)17/h2-9H,10H2,1H3,(H,19,21). The van der Waals surface area contributed by atoms with Gasteiger partial charge in [-0.25, -0.2) is 4.98 Å². The van der Waals surface area contributed by atoms with Gasteiger partial charge in [-0.1, -0.05) is 12.1 Å². The Kier molecular flexibility index (Phi) is 4.11. The third-order valence-electron chi connectivity index (χ3n) is 3.07. The summed E-state index contributed by atoms with van der Waals surface area (Å²) >= 11 is 3.39. The van der Waals surface area contributed by atoms with Crippen molar-refractivity contribution in [3.05, 3.63) is 59.0 Å². The third kappa shape index (κ3) is 3.12. The zero-order valence-electron chi connectivity index (χ0n) is 11.9. The zero-order valence-corrected chi connectivity index (χ0v) is 13.5. The van der Waals surface area contributed by atoms with Gasteiger partial charge in [0.25, 0.3) is 5.91 Å². The number of rotatable bonds is 4. The molecule has 3 rings (SSSR count). The molecular weight excluding hydrogens is 346 g/mol. The summed E-state index contributed by atoms with van der Waals surface area (Å²) in [6, 6.07) is 11.1. The zero-order chi connectivity index (χ0) is 15.5. The molecule has 0 spiro atoms. The van der Waals surface area contributed by atoms with E-state index in [1.807, 2.05) is 54.0 Å². The van der Waals surface area contributed by atoms with Crippen LogP contribution in [0.4, 0.5) is 5.69 Å². The number of ether oxygens (including phenoxy) is 1. The minimum atomic E-state index is -0.225. The maximum Gasteiger partial charge on any atom is 0.262 e. The Bertz CT molecular complexity index is 829. The maximum atomic E-state index is 12.0. The van der Waals surface area contributed by atoms with Gasteiger partial charge in [0.1, 0.15) is 0 Å². The number of aromatic nitrogens is 2. The number of carbonyl (C=O) groups is 1. The van der Waals surface area contributed by atoms with Gasteiger partial charge in [0.05, 0.1) is 11.4 Å². The van der Waals surface area contributed by atoms with Crippen LogP contribution in [0, 0.1) is 6.92 Å². The molecule has 2 aromatic heterocycles. The number of nitrogens with zero attached hydrogens (tertiary/aromatic N) is 2. The van der Waals surface area contributed by atoms with E-state index in [-0.39, 0.29) is 12.5 Å². The molecule has 0 aliphatic rings. The molecule has 3 aromatic rings. The number of aryl methyl sites for hydroxylation is 1. The second kappa shape index (κ2) is 6.19. The predicted octanol–water partition coefficient (Wildman–Crippen LogP) is 3.42. The first-order chi connectivity index (χ1) is 10.6. The summed E-state index contributed by atoms with van der Waals surface area (Å²) in [5, 5.41) is 2.80. The van der Waals surface area contributed by atoms with E-state index in [1.54, 1.807) is 6.07 Å². The Hall–Kier alpha value is -2.34. The summed E-state index contributed by atoms with van der Waals surface area (Å²) in [5.74, 6) is 0.357. The van der Waals surface area contributed by atoms with Crippen LogP contribution in [-0.4, -0.2) is 21.9 Å². The van der Waals surface area contributed by atoms with Gasteiger partial charge in [-0.3, -0.25) is 4.79 Å². The molecule has 0 saturated heterocycles. The molecule has 6 heteroatoms.